The maximum Gasteiger partial charge on any atom is 0.258 e. The van der Waals surface area contributed by atoms with Crippen LogP contribution in [0.15, 0.2) is 79.1 Å². The molecule has 0 unspecified atom stereocenters. The second-order valence-corrected chi connectivity index (χ2v) is 12.6. The molecule has 10 nitrogen and oxygen atoms in total. The van der Waals surface area contributed by atoms with Crippen molar-refractivity contribution in [2.24, 2.45) is 0 Å². The van der Waals surface area contributed by atoms with Gasteiger partial charge in [0, 0.05) is 62.3 Å². The first-order valence-corrected chi connectivity index (χ1v) is 16.1. The first kappa shape index (κ1) is 32.2. The topological polar surface area (TPSA) is 116 Å². The number of halogens is 2. The molecule has 2 N–H and O–H groups in total. The van der Waals surface area contributed by atoms with E-state index in [0.29, 0.717) is 55.2 Å². The number of benzene rings is 3. The van der Waals surface area contributed by atoms with Crippen LogP contribution in [0.1, 0.15) is 24.0 Å². The molecule has 2 aliphatic rings. The second kappa shape index (κ2) is 13.3. The molecule has 2 aromatic heterocycles. The van der Waals surface area contributed by atoms with E-state index in [4.69, 9.17) is 4.74 Å². The Morgan fingerprint density at radius 3 is 2.49 bits per heavy atom. The zero-order chi connectivity index (χ0) is 34.1. The molecule has 5 aromatic rings. The van der Waals surface area contributed by atoms with Gasteiger partial charge in [-0.05, 0) is 91.1 Å². The largest absolute Gasteiger partial charge is 0.367 e. The van der Waals surface area contributed by atoms with Crippen molar-refractivity contribution in [2.45, 2.75) is 25.4 Å². The lowest BCUT2D eigenvalue weighted by molar-refractivity contribution is -0.138. The minimum Gasteiger partial charge on any atom is -0.367 e. The third-order valence-electron chi connectivity index (χ3n) is 9.34. The SMILES string of the molecule is CO[C@@]1(C(=O)Nc2ccc3[nH]nc(-c4ccc(F)cc4)c3c2)CCN(CC(=O)N2CC=C(c3ccc(-c4ncc(C)cn4)c(F)c3)CC2)C1. The van der Waals surface area contributed by atoms with Crippen molar-refractivity contribution in [2.75, 3.05) is 45.2 Å². The molecule has 49 heavy (non-hydrogen) atoms. The van der Waals surface area contributed by atoms with Crippen molar-refractivity contribution in [3.05, 3.63) is 102 Å². The number of aromatic nitrogens is 4. The van der Waals surface area contributed by atoms with Gasteiger partial charge in [0.1, 0.15) is 11.6 Å². The summed E-state index contributed by atoms with van der Waals surface area (Å²) >= 11 is 0. The van der Waals surface area contributed by atoms with Crippen LogP contribution < -0.4 is 5.32 Å². The van der Waals surface area contributed by atoms with E-state index in [1.807, 2.05) is 36.1 Å². The van der Waals surface area contributed by atoms with E-state index in [0.717, 1.165) is 33.2 Å². The molecule has 4 heterocycles. The molecule has 12 heteroatoms. The summed E-state index contributed by atoms with van der Waals surface area (Å²) in [5, 5.41) is 11.1. The van der Waals surface area contributed by atoms with Crippen LogP contribution in [0.25, 0.3) is 39.1 Å². The first-order chi connectivity index (χ1) is 23.7. The van der Waals surface area contributed by atoms with Crippen LogP contribution in [0.4, 0.5) is 14.5 Å². The molecule has 0 saturated carbocycles. The van der Waals surface area contributed by atoms with Gasteiger partial charge in [0.25, 0.3) is 5.91 Å². The molecule has 2 amide bonds. The van der Waals surface area contributed by atoms with Gasteiger partial charge in [-0.15, -0.1) is 0 Å². The van der Waals surface area contributed by atoms with Gasteiger partial charge in [-0.1, -0.05) is 12.1 Å². The molecule has 0 aliphatic carbocycles. The molecule has 7 rings (SSSR count). The van der Waals surface area contributed by atoms with Gasteiger partial charge in [-0.3, -0.25) is 19.6 Å². The molecule has 1 fully saturated rings. The standard InChI is InChI=1S/C37H35F2N7O3/c1-23-19-40-35(41-20-23)29-9-5-26(17-31(29)39)24-11-14-46(15-12-24)33(47)21-45-16-13-37(22-45,49-2)36(48)42-28-8-10-32-30(18-28)34(44-43-32)25-3-6-27(38)7-4-25/h3-11,17-20H,12-16,21-22H2,1-2H3,(H,42,48)(H,43,44)/t37-/m0/s1. The zero-order valence-electron chi connectivity index (χ0n) is 27.2. The van der Waals surface area contributed by atoms with Crippen molar-refractivity contribution >= 4 is 34.0 Å². The van der Waals surface area contributed by atoms with Gasteiger partial charge in [-0.25, -0.2) is 18.7 Å². The summed E-state index contributed by atoms with van der Waals surface area (Å²) in [4.78, 5) is 39.1. The Morgan fingerprint density at radius 2 is 1.78 bits per heavy atom. The number of likely N-dealkylation sites (tertiary alicyclic amines) is 1. The minimum absolute atomic E-state index is 0.0422. The molecule has 2 aliphatic heterocycles. The van der Waals surface area contributed by atoms with Gasteiger partial charge in [0.15, 0.2) is 11.4 Å². The molecular weight excluding hydrogens is 628 g/mol. The van der Waals surface area contributed by atoms with E-state index in [1.54, 1.807) is 41.6 Å². The predicted molar refractivity (Wildman–Crippen MR) is 182 cm³/mol. The van der Waals surface area contributed by atoms with E-state index in [-0.39, 0.29) is 30.7 Å². The number of methoxy groups -OCH3 is 1. The summed E-state index contributed by atoms with van der Waals surface area (Å²) in [6.45, 7) is 3.75. The monoisotopic (exact) mass is 663 g/mol. The van der Waals surface area contributed by atoms with Crippen LogP contribution in [0.3, 0.4) is 0 Å². The highest BCUT2D eigenvalue weighted by molar-refractivity contribution is 6.01. The Bertz CT molecular complexity index is 2060. The summed E-state index contributed by atoms with van der Waals surface area (Å²) in [6, 6.07) is 16.6. The molecule has 0 bridgehead atoms. The number of aromatic amines is 1. The van der Waals surface area contributed by atoms with Gasteiger partial charge in [0.05, 0.1) is 23.3 Å². The number of nitrogens with one attached hydrogen (secondary N) is 2. The number of nitrogens with zero attached hydrogens (tertiary/aromatic N) is 5. The van der Waals surface area contributed by atoms with E-state index < -0.39 is 11.4 Å². The number of amides is 2. The molecule has 0 spiro atoms. The molecule has 250 valence electrons. The Hall–Kier alpha value is -5.33. The maximum atomic E-state index is 15.0. The fourth-order valence-electron chi connectivity index (χ4n) is 6.48. The number of anilines is 1. The van der Waals surface area contributed by atoms with Crippen molar-refractivity contribution in [3.63, 3.8) is 0 Å². The fourth-order valence-corrected chi connectivity index (χ4v) is 6.48. The van der Waals surface area contributed by atoms with Crippen molar-refractivity contribution in [1.29, 1.82) is 0 Å². The fraction of sp³-hybridized carbons (Fsp3) is 0.270. The third kappa shape index (κ3) is 6.57. The van der Waals surface area contributed by atoms with Crippen molar-refractivity contribution < 1.29 is 23.1 Å². The van der Waals surface area contributed by atoms with Gasteiger partial charge >= 0.3 is 0 Å². The maximum absolute atomic E-state index is 15.0. The highest BCUT2D eigenvalue weighted by atomic mass is 19.1. The van der Waals surface area contributed by atoms with Crippen LogP contribution in [-0.4, -0.2) is 87.2 Å². The summed E-state index contributed by atoms with van der Waals surface area (Å²) in [7, 11) is 1.51. The number of aryl methyl sites for hydroxylation is 1. The van der Waals surface area contributed by atoms with Crippen LogP contribution in [0, 0.1) is 18.6 Å². The lowest BCUT2D eigenvalue weighted by Gasteiger charge is -2.30. The number of hydrogen-bond acceptors (Lipinski definition) is 7. The number of hydrogen-bond donors (Lipinski definition) is 2. The minimum atomic E-state index is -1.12. The van der Waals surface area contributed by atoms with Crippen LogP contribution in [0.2, 0.25) is 0 Å². The van der Waals surface area contributed by atoms with Crippen molar-refractivity contribution in [3.8, 4) is 22.6 Å². The van der Waals surface area contributed by atoms with E-state index >= 15 is 4.39 Å². The molecule has 3 aromatic carbocycles. The summed E-state index contributed by atoms with van der Waals surface area (Å²) in [5.74, 6) is -0.722. The third-order valence-corrected chi connectivity index (χ3v) is 9.34. The lowest BCUT2D eigenvalue weighted by atomic mass is 9.97. The van der Waals surface area contributed by atoms with Gasteiger partial charge in [-0.2, -0.15) is 5.10 Å². The smallest absolute Gasteiger partial charge is 0.258 e. The first-order valence-electron chi connectivity index (χ1n) is 16.1. The number of fused-ring (bicyclic) bond motifs is 1. The molecule has 1 saturated heterocycles. The number of ether oxygens (including phenoxy) is 1. The number of carbonyl (C=O) groups is 2. The Kier molecular flexibility index (Phi) is 8.74. The second-order valence-electron chi connectivity index (χ2n) is 12.6. The number of rotatable bonds is 8. The van der Waals surface area contributed by atoms with E-state index in [2.05, 4.69) is 25.5 Å². The normalized spacial score (nSPS) is 18.1. The highest BCUT2D eigenvalue weighted by Crippen LogP contribution is 2.32. The van der Waals surface area contributed by atoms with Crippen LogP contribution in [-0.2, 0) is 14.3 Å². The predicted octanol–water partition coefficient (Wildman–Crippen LogP) is 5.62. The molecular formula is C37H35F2N7O3. The Morgan fingerprint density at radius 1 is 1.00 bits per heavy atom. The lowest BCUT2D eigenvalue weighted by Crippen LogP contribution is -2.48. The van der Waals surface area contributed by atoms with E-state index in [9.17, 15) is 14.0 Å². The quantitative estimate of drug-likeness (QED) is 0.222. The summed E-state index contributed by atoms with van der Waals surface area (Å²) in [5.41, 5.74) is 4.63. The number of H-pyrrole nitrogens is 1. The molecule has 0 radical (unpaired) electrons. The van der Waals surface area contributed by atoms with Crippen molar-refractivity contribution in [1.82, 2.24) is 30.0 Å². The van der Waals surface area contributed by atoms with Crippen LogP contribution >= 0.6 is 0 Å². The van der Waals surface area contributed by atoms with E-state index in [1.165, 1.54) is 25.3 Å². The summed E-state index contributed by atoms with van der Waals surface area (Å²) < 4.78 is 34.3. The zero-order valence-corrected chi connectivity index (χ0v) is 27.2. The average Bonchev–Trinajstić information content (AvgIpc) is 3.74. The highest BCUT2D eigenvalue weighted by Gasteiger charge is 2.45. The van der Waals surface area contributed by atoms with Crippen LogP contribution in [0.5, 0.6) is 0 Å². The average molecular weight is 664 g/mol. The van der Waals surface area contributed by atoms with Gasteiger partial charge < -0.3 is 15.0 Å². The summed E-state index contributed by atoms with van der Waals surface area (Å²) in [6.07, 6.45) is 6.31. The Balaban J connectivity index is 0.965. The van der Waals surface area contributed by atoms with Gasteiger partial charge in [0.2, 0.25) is 5.91 Å². The molecule has 1 atom stereocenters. The Labute approximate surface area is 281 Å². The number of carbonyl (C=O) groups excluding carboxylic acids is 2.